The highest BCUT2D eigenvalue weighted by molar-refractivity contribution is 6.39. The minimum atomic E-state index is -0.728. The summed E-state index contributed by atoms with van der Waals surface area (Å²) in [4.78, 5) is 58.1. The van der Waals surface area contributed by atoms with E-state index in [1.807, 2.05) is 23.1 Å². The van der Waals surface area contributed by atoms with Crippen LogP contribution >= 0.6 is 11.6 Å². The molecule has 10 heteroatoms. The number of nitrogens with zero attached hydrogens (tertiary/aromatic N) is 3. The lowest BCUT2D eigenvalue weighted by Crippen LogP contribution is -2.54. The Hall–Kier alpha value is -3.72. The molecule has 1 N–H and O–H groups in total. The second-order valence-corrected chi connectivity index (χ2v) is 8.59. The molecule has 2 aromatic carbocycles. The second kappa shape index (κ2) is 8.57. The van der Waals surface area contributed by atoms with E-state index in [1.165, 1.54) is 18.2 Å². The first kappa shape index (κ1) is 22.1. The number of ether oxygens (including phenoxy) is 1. The number of Topliss-reactive ketones (excluding diaryl/α,β-unsaturated/α-hetero) is 1. The molecule has 0 aliphatic carbocycles. The summed E-state index contributed by atoms with van der Waals surface area (Å²) in [6.07, 6.45) is 1.44. The number of hydrogen-bond donors (Lipinski definition) is 1. The summed E-state index contributed by atoms with van der Waals surface area (Å²) < 4.78 is 5.33. The maximum Gasteiger partial charge on any atom is 0.290 e. The standard InChI is InChI=1S/C24H21ClN4O5/c1-34-15-12-27-23(25)18-17(15)14(11-26-18)20(30)24(33)29-9-7-28(8-10-29)19-16(21(31)22(19)32)13-5-3-2-4-6-13/h2-6,12,14,26H,7-11H2,1H3. The number of nitrogens with one attached hydrogen (secondary N) is 1. The van der Waals surface area contributed by atoms with Gasteiger partial charge in [-0.05, 0) is 5.56 Å². The number of carbonyl (C=O) groups excluding carboxylic acids is 2. The molecule has 174 valence electrons. The number of carbonyl (C=O) groups is 2. The Balaban J connectivity index is 1.30. The first-order valence-corrected chi connectivity index (χ1v) is 11.2. The Morgan fingerprint density at radius 1 is 1.09 bits per heavy atom. The summed E-state index contributed by atoms with van der Waals surface area (Å²) >= 11 is 6.14. The average molecular weight is 481 g/mol. The maximum absolute atomic E-state index is 13.1. The zero-order valence-corrected chi connectivity index (χ0v) is 19.1. The van der Waals surface area contributed by atoms with Gasteiger partial charge >= 0.3 is 0 Å². The first-order chi connectivity index (χ1) is 16.4. The van der Waals surface area contributed by atoms with E-state index in [0.717, 1.165) is 0 Å². The zero-order chi connectivity index (χ0) is 24.0. The Kier molecular flexibility index (Phi) is 5.57. The van der Waals surface area contributed by atoms with Crippen LogP contribution < -0.4 is 25.8 Å². The van der Waals surface area contributed by atoms with E-state index in [9.17, 15) is 19.2 Å². The minimum absolute atomic E-state index is 0.217. The number of halogens is 1. The predicted octanol–water partition coefficient (Wildman–Crippen LogP) is 1.43. The van der Waals surface area contributed by atoms with Crippen LogP contribution in [0, 0.1) is 0 Å². The summed E-state index contributed by atoms with van der Waals surface area (Å²) in [5, 5.41) is 3.27. The molecule has 1 fully saturated rings. The predicted molar refractivity (Wildman–Crippen MR) is 128 cm³/mol. The summed E-state index contributed by atoms with van der Waals surface area (Å²) in [5.74, 6) is -1.48. The topological polar surface area (TPSA) is 109 Å². The highest BCUT2D eigenvalue weighted by Gasteiger charge is 2.39. The lowest BCUT2D eigenvalue weighted by atomic mass is 9.95. The number of piperazine rings is 1. The quantitative estimate of drug-likeness (QED) is 0.431. The van der Waals surface area contributed by atoms with E-state index < -0.39 is 28.5 Å². The number of amides is 1. The number of hydrogen-bond acceptors (Lipinski definition) is 8. The van der Waals surface area contributed by atoms with Gasteiger partial charge in [0, 0.05) is 38.3 Å². The minimum Gasteiger partial charge on any atom is -0.495 e. The fourth-order valence-corrected chi connectivity index (χ4v) is 4.90. The summed E-state index contributed by atoms with van der Waals surface area (Å²) in [6, 6.07) is 9.05. The van der Waals surface area contributed by atoms with E-state index in [4.69, 9.17) is 16.3 Å². The molecule has 1 atom stereocenters. The Bertz CT molecular complexity index is 1360. The third-order valence-electron chi connectivity index (χ3n) is 6.45. The smallest absolute Gasteiger partial charge is 0.290 e. The van der Waals surface area contributed by atoms with Crippen molar-refractivity contribution < 1.29 is 14.3 Å². The van der Waals surface area contributed by atoms with Crippen LogP contribution in [0.15, 0.2) is 46.1 Å². The molecule has 0 radical (unpaired) electrons. The highest BCUT2D eigenvalue weighted by Crippen LogP contribution is 2.42. The Morgan fingerprint density at radius 3 is 2.47 bits per heavy atom. The molecule has 3 aromatic rings. The number of anilines is 2. The van der Waals surface area contributed by atoms with Gasteiger partial charge in [-0.15, -0.1) is 0 Å². The normalized spacial score (nSPS) is 17.4. The molecular weight excluding hydrogens is 460 g/mol. The summed E-state index contributed by atoms with van der Waals surface area (Å²) in [6.45, 7) is 1.45. The average Bonchev–Trinajstić information content (AvgIpc) is 3.33. The van der Waals surface area contributed by atoms with Crippen molar-refractivity contribution >= 4 is 34.7 Å². The van der Waals surface area contributed by atoms with E-state index >= 15 is 0 Å². The van der Waals surface area contributed by atoms with Gasteiger partial charge in [-0.3, -0.25) is 19.2 Å². The van der Waals surface area contributed by atoms with Crippen LogP contribution in [0.5, 0.6) is 5.75 Å². The van der Waals surface area contributed by atoms with Crippen LogP contribution in [0.4, 0.5) is 11.4 Å². The van der Waals surface area contributed by atoms with Crippen molar-refractivity contribution in [3.63, 3.8) is 0 Å². The van der Waals surface area contributed by atoms with Crippen molar-refractivity contribution in [2.75, 3.05) is 50.1 Å². The van der Waals surface area contributed by atoms with Crippen LogP contribution in [-0.4, -0.2) is 61.4 Å². The lowest BCUT2D eigenvalue weighted by Gasteiger charge is -2.37. The van der Waals surface area contributed by atoms with Gasteiger partial charge in [-0.25, -0.2) is 4.98 Å². The van der Waals surface area contributed by atoms with E-state index in [1.54, 1.807) is 12.1 Å². The number of benzene rings is 1. The van der Waals surface area contributed by atoms with Crippen LogP contribution in [-0.2, 0) is 9.59 Å². The second-order valence-electron chi connectivity index (χ2n) is 8.23. The number of rotatable bonds is 5. The number of aromatic nitrogens is 1. The molecule has 1 amide bonds. The van der Waals surface area contributed by atoms with Gasteiger partial charge in [0.2, 0.25) is 16.6 Å². The monoisotopic (exact) mass is 480 g/mol. The molecule has 34 heavy (non-hydrogen) atoms. The van der Waals surface area contributed by atoms with Crippen molar-refractivity contribution in [3.05, 3.63) is 67.7 Å². The van der Waals surface area contributed by atoms with Crippen LogP contribution in [0.1, 0.15) is 11.5 Å². The third kappa shape index (κ3) is 3.43. The van der Waals surface area contributed by atoms with Gasteiger partial charge in [0.25, 0.3) is 5.91 Å². The van der Waals surface area contributed by atoms with Crippen molar-refractivity contribution in [1.82, 2.24) is 9.88 Å². The molecule has 0 spiro atoms. The first-order valence-electron chi connectivity index (χ1n) is 10.9. The van der Waals surface area contributed by atoms with Gasteiger partial charge < -0.3 is 19.9 Å². The molecule has 2 aliphatic heterocycles. The maximum atomic E-state index is 13.1. The van der Waals surface area contributed by atoms with Crippen LogP contribution in [0.2, 0.25) is 5.15 Å². The van der Waals surface area contributed by atoms with Crippen LogP contribution in [0.3, 0.4) is 0 Å². The van der Waals surface area contributed by atoms with Crippen molar-refractivity contribution in [2.45, 2.75) is 5.92 Å². The molecule has 0 saturated carbocycles. The van der Waals surface area contributed by atoms with E-state index in [0.29, 0.717) is 46.9 Å². The largest absolute Gasteiger partial charge is 0.495 e. The number of pyridine rings is 1. The fourth-order valence-electron chi connectivity index (χ4n) is 4.68. The van der Waals surface area contributed by atoms with Gasteiger partial charge in [-0.2, -0.15) is 0 Å². The number of fused-ring (bicyclic) bond motifs is 1. The molecule has 1 saturated heterocycles. The van der Waals surface area contributed by atoms with Gasteiger partial charge in [0.15, 0.2) is 5.15 Å². The van der Waals surface area contributed by atoms with Gasteiger partial charge in [0.05, 0.1) is 30.5 Å². The third-order valence-corrected chi connectivity index (χ3v) is 6.73. The molecular formula is C24H21ClN4O5. The Labute approximate surface area is 199 Å². The SMILES string of the molecule is COc1cnc(Cl)c2c1C(C(=O)C(=O)N1CCN(c3c(-c4ccccc4)c(=O)c3=O)CC1)CN2. The zero-order valence-electron chi connectivity index (χ0n) is 18.3. The summed E-state index contributed by atoms with van der Waals surface area (Å²) in [7, 11) is 1.47. The lowest BCUT2D eigenvalue weighted by molar-refractivity contribution is -0.145. The Morgan fingerprint density at radius 2 is 1.79 bits per heavy atom. The number of methoxy groups -OCH3 is 1. The van der Waals surface area contributed by atoms with Gasteiger partial charge in [0.1, 0.15) is 11.4 Å². The highest BCUT2D eigenvalue weighted by atomic mass is 35.5. The van der Waals surface area contributed by atoms with Gasteiger partial charge in [-0.1, -0.05) is 41.9 Å². The molecule has 1 unspecified atom stereocenters. The van der Waals surface area contributed by atoms with Crippen LogP contribution in [0.25, 0.3) is 11.1 Å². The molecule has 9 nitrogen and oxygen atoms in total. The van der Waals surface area contributed by atoms with Crippen molar-refractivity contribution in [2.24, 2.45) is 0 Å². The molecule has 3 heterocycles. The number of ketones is 1. The fraction of sp³-hybridized carbons (Fsp3) is 0.292. The molecule has 2 aliphatic rings. The van der Waals surface area contributed by atoms with Crippen molar-refractivity contribution in [3.8, 4) is 16.9 Å². The summed E-state index contributed by atoms with van der Waals surface area (Å²) in [5.41, 5.74) is 1.53. The molecule has 1 aromatic heterocycles. The molecule has 0 bridgehead atoms. The van der Waals surface area contributed by atoms with Crippen molar-refractivity contribution in [1.29, 1.82) is 0 Å². The van der Waals surface area contributed by atoms with E-state index in [-0.39, 0.29) is 24.8 Å². The molecule has 5 rings (SSSR count). The van der Waals surface area contributed by atoms with E-state index in [2.05, 4.69) is 10.3 Å².